The Bertz CT molecular complexity index is 1040. The second-order valence-electron chi connectivity index (χ2n) is 9.63. The average molecular weight is 485 g/mol. The average Bonchev–Trinajstić information content (AvgIpc) is 2.74. The standard InChI is InChI=1S/C22H36N4O4S2/c1-17-7-8-20-18(14-17)9-12-25-16-19-6-4-11-26(21(19)15-22(20)25)31(27,28)13-5-10-23-32(29,30)24(2)3/h7-8,14,19,21-23H,4-6,9-13,15-16H2,1-3H3/t19-,21+,22-/m0/s1. The van der Waals surface area contributed by atoms with Crippen molar-refractivity contribution in [3.05, 3.63) is 34.9 Å². The number of piperidine rings is 2. The van der Waals surface area contributed by atoms with E-state index in [1.165, 1.54) is 30.8 Å². The quantitative estimate of drug-likeness (QED) is 0.593. The maximum absolute atomic E-state index is 13.3. The molecular formula is C22H36N4O4S2. The second-order valence-corrected chi connectivity index (χ2v) is 13.6. The molecule has 3 aliphatic heterocycles. The Balaban J connectivity index is 1.45. The topological polar surface area (TPSA) is 90.0 Å². The van der Waals surface area contributed by atoms with Crippen LogP contribution in [0.5, 0.6) is 0 Å². The van der Waals surface area contributed by atoms with Crippen molar-refractivity contribution in [3.8, 4) is 0 Å². The summed E-state index contributed by atoms with van der Waals surface area (Å²) in [5, 5.41) is 0. The molecule has 3 heterocycles. The summed E-state index contributed by atoms with van der Waals surface area (Å²) in [5.41, 5.74) is 4.04. The number of hydrogen-bond donors (Lipinski definition) is 1. The third-order valence-corrected chi connectivity index (χ3v) is 10.8. The summed E-state index contributed by atoms with van der Waals surface area (Å²) in [7, 11) is -4.09. The molecule has 0 saturated carbocycles. The van der Waals surface area contributed by atoms with Crippen LogP contribution in [0.15, 0.2) is 18.2 Å². The van der Waals surface area contributed by atoms with E-state index in [9.17, 15) is 16.8 Å². The van der Waals surface area contributed by atoms with E-state index in [-0.39, 0.29) is 30.8 Å². The van der Waals surface area contributed by atoms with Crippen LogP contribution >= 0.6 is 0 Å². The van der Waals surface area contributed by atoms with Crippen molar-refractivity contribution in [1.29, 1.82) is 0 Å². The number of hydrogen-bond acceptors (Lipinski definition) is 5. The largest absolute Gasteiger partial charge is 0.296 e. The number of benzene rings is 1. The Morgan fingerprint density at radius 3 is 2.69 bits per heavy atom. The maximum Gasteiger partial charge on any atom is 0.278 e. The Hall–Kier alpha value is -1.04. The first kappa shape index (κ1) is 24.1. The summed E-state index contributed by atoms with van der Waals surface area (Å²) in [6.07, 6.45) is 4.13. The molecule has 4 rings (SSSR count). The van der Waals surface area contributed by atoms with Crippen molar-refractivity contribution in [1.82, 2.24) is 18.2 Å². The predicted octanol–water partition coefficient (Wildman–Crippen LogP) is 1.49. The first-order valence-electron chi connectivity index (χ1n) is 11.6. The molecule has 3 aliphatic rings. The van der Waals surface area contributed by atoms with Gasteiger partial charge in [-0.05, 0) is 56.1 Å². The normalized spacial score (nSPS) is 27.1. The van der Waals surface area contributed by atoms with Crippen LogP contribution in [0.1, 0.15) is 48.4 Å². The zero-order valence-electron chi connectivity index (χ0n) is 19.3. The number of rotatable bonds is 7. The SMILES string of the molecule is Cc1ccc2c(c1)CCN1C[C@@H]3CCCN(S(=O)(=O)CCCNS(=O)(=O)N(C)C)[C@@H]3C[C@@H]21. The van der Waals surface area contributed by atoms with E-state index in [0.717, 1.165) is 43.1 Å². The molecule has 1 aromatic rings. The molecule has 0 aliphatic carbocycles. The lowest BCUT2D eigenvalue weighted by Crippen LogP contribution is -2.57. The smallest absolute Gasteiger partial charge is 0.278 e. The predicted molar refractivity (Wildman–Crippen MR) is 126 cm³/mol. The molecule has 2 fully saturated rings. The van der Waals surface area contributed by atoms with Crippen LogP contribution in [0, 0.1) is 12.8 Å². The molecule has 32 heavy (non-hydrogen) atoms. The molecule has 0 aromatic heterocycles. The summed E-state index contributed by atoms with van der Waals surface area (Å²) in [6, 6.07) is 6.99. The van der Waals surface area contributed by atoms with Gasteiger partial charge in [0.1, 0.15) is 0 Å². The van der Waals surface area contributed by atoms with Crippen LogP contribution in [0.4, 0.5) is 0 Å². The van der Waals surface area contributed by atoms with Gasteiger partial charge in [0.25, 0.3) is 10.2 Å². The van der Waals surface area contributed by atoms with Gasteiger partial charge < -0.3 is 0 Å². The molecule has 1 aromatic carbocycles. The van der Waals surface area contributed by atoms with Crippen molar-refractivity contribution in [2.75, 3.05) is 46.0 Å². The number of nitrogens with zero attached hydrogens (tertiary/aromatic N) is 3. The molecule has 180 valence electrons. The van der Waals surface area contributed by atoms with E-state index < -0.39 is 20.2 Å². The highest BCUT2D eigenvalue weighted by Crippen LogP contribution is 2.43. The molecule has 10 heteroatoms. The van der Waals surface area contributed by atoms with E-state index in [4.69, 9.17) is 0 Å². The van der Waals surface area contributed by atoms with Gasteiger partial charge >= 0.3 is 0 Å². The highest BCUT2D eigenvalue weighted by Gasteiger charge is 2.45. The second kappa shape index (κ2) is 9.31. The summed E-state index contributed by atoms with van der Waals surface area (Å²) < 4.78 is 55.5. The zero-order valence-corrected chi connectivity index (χ0v) is 21.0. The fourth-order valence-corrected chi connectivity index (χ4v) is 8.07. The summed E-state index contributed by atoms with van der Waals surface area (Å²) in [6.45, 7) is 4.81. The van der Waals surface area contributed by atoms with E-state index in [1.807, 2.05) is 0 Å². The third-order valence-electron chi connectivity index (χ3n) is 7.27. The summed E-state index contributed by atoms with van der Waals surface area (Å²) in [4.78, 5) is 2.56. The van der Waals surface area contributed by atoms with E-state index >= 15 is 0 Å². The highest BCUT2D eigenvalue weighted by atomic mass is 32.2. The fourth-order valence-electron chi connectivity index (χ4n) is 5.59. The monoisotopic (exact) mass is 484 g/mol. The molecule has 0 amide bonds. The van der Waals surface area contributed by atoms with Gasteiger partial charge in [0, 0.05) is 52.4 Å². The van der Waals surface area contributed by atoms with Crippen LogP contribution in [0.25, 0.3) is 0 Å². The van der Waals surface area contributed by atoms with Gasteiger partial charge in [-0.3, -0.25) is 4.90 Å². The van der Waals surface area contributed by atoms with Crippen LogP contribution in [-0.2, 0) is 26.7 Å². The van der Waals surface area contributed by atoms with Crippen LogP contribution < -0.4 is 4.72 Å². The van der Waals surface area contributed by atoms with Crippen LogP contribution in [0.3, 0.4) is 0 Å². The molecule has 1 N–H and O–H groups in total. The van der Waals surface area contributed by atoms with Gasteiger partial charge in [0.15, 0.2) is 0 Å². The molecule has 0 unspecified atom stereocenters. The first-order chi connectivity index (χ1) is 15.1. The Kier molecular flexibility index (Phi) is 7.01. The lowest BCUT2D eigenvalue weighted by molar-refractivity contribution is 0.0220. The molecule has 0 bridgehead atoms. The van der Waals surface area contributed by atoms with Crippen molar-refractivity contribution in [2.45, 2.75) is 51.1 Å². The van der Waals surface area contributed by atoms with Crippen LogP contribution in [0.2, 0.25) is 0 Å². The fraction of sp³-hybridized carbons (Fsp3) is 0.727. The van der Waals surface area contributed by atoms with Gasteiger partial charge in [-0.2, -0.15) is 17.0 Å². The molecule has 0 spiro atoms. The molecular weight excluding hydrogens is 448 g/mol. The Morgan fingerprint density at radius 1 is 1.16 bits per heavy atom. The number of sulfonamides is 1. The van der Waals surface area contributed by atoms with Crippen LogP contribution in [-0.4, -0.2) is 82.4 Å². The lowest BCUT2D eigenvalue weighted by Gasteiger charge is -2.51. The maximum atomic E-state index is 13.3. The number of aryl methyl sites for hydroxylation is 1. The van der Waals surface area contributed by atoms with E-state index in [2.05, 4.69) is 34.7 Å². The van der Waals surface area contributed by atoms with Crippen molar-refractivity contribution in [3.63, 3.8) is 0 Å². The van der Waals surface area contributed by atoms with Gasteiger partial charge in [-0.15, -0.1) is 0 Å². The molecule has 3 atom stereocenters. The minimum Gasteiger partial charge on any atom is -0.296 e. The van der Waals surface area contributed by atoms with Crippen molar-refractivity contribution < 1.29 is 16.8 Å². The van der Waals surface area contributed by atoms with Crippen molar-refractivity contribution in [2.24, 2.45) is 5.92 Å². The van der Waals surface area contributed by atoms with E-state index in [0.29, 0.717) is 12.5 Å². The van der Waals surface area contributed by atoms with E-state index in [1.54, 1.807) is 4.31 Å². The Morgan fingerprint density at radius 2 is 1.94 bits per heavy atom. The molecule has 0 radical (unpaired) electrons. The summed E-state index contributed by atoms with van der Waals surface area (Å²) >= 11 is 0. The minimum atomic E-state index is -3.54. The van der Waals surface area contributed by atoms with Gasteiger partial charge in [0.05, 0.1) is 5.75 Å². The zero-order chi connectivity index (χ0) is 23.1. The molecule has 2 saturated heterocycles. The summed E-state index contributed by atoms with van der Waals surface area (Å²) in [5.74, 6) is 0.338. The molecule has 8 nitrogen and oxygen atoms in total. The number of fused-ring (bicyclic) bond motifs is 4. The number of nitrogens with one attached hydrogen (secondary N) is 1. The third kappa shape index (κ3) is 4.90. The van der Waals surface area contributed by atoms with Gasteiger partial charge in [-0.1, -0.05) is 23.8 Å². The minimum absolute atomic E-state index is 0.0284. The highest BCUT2D eigenvalue weighted by molar-refractivity contribution is 7.89. The van der Waals surface area contributed by atoms with Gasteiger partial charge in [0.2, 0.25) is 10.0 Å². The Labute approximate surface area is 193 Å². The first-order valence-corrected chi connectivity index (χ1v) is 14.6. The van der Waals surface area contributed by atoms with Crippen molar-refractivity contribution >= 4 is 20.2 Å². The lowest BCUT2D eigenvalue weighted by atomic mass is 9.77. The van der Waals surface area contributed by atoms with Gasteiger partial charge in [-0.25, -0.2) is 13.1 Å².